The molecule has 0 aliphatic heterocycles. The van der Waals surface area contributed by atoms with Crippen LogP contribution in [0.15, 0.2) is 64.4 Å². The van der Waals surface area contributed by atoms with Crippen molar-refractivity contribution in [2.24, 2.45) is 0 Å². The number of nitriles is 1. The van der Waals surface area contributed by atoms with Crippen molar-refractivity contribution in [2.45, 2.75) is 6.04 Å². The number of hydrogen-bond acceptors (Lipinski definition) is 6. The average Bonchev–Trinajstić information content (AvgIpc) is 3.37. The molecule has 0 saturated heterocycles. The molecule has 6 heteroatoms. The summed E-state index contributed by atoms with van der Waals surface area (Å²) in [5.74, 6) is 0.863. The predicted molar refractivity (Wildman–Crippen MR) is 113 cm³/mol. The van der Waals surface area contributed by atoms with Gasteiger partial charge in [0.05, 0.1) is 6.04 Å². The van der Waals surface area contributed by atoms with E-state index < -0.39 is 0 Å². The SMILES string of the molecule is CN(C)[C@H](CNc1oc(-c2cccc3ccccc23)nc1C#N)c1cccs1. The van der Waals surface area contributed by atoms with Gasteiger partial charge in [-0.05, 0) is 42.4 Å². The van der Waals surface area contributed by atoms with E-state index in [0.717, 1.165) is 16.3 Å². The first kappa shape index (κ1) is 18.2. The third-order valence-corrected chi connectivity index (χ3v) is 5.68. The molecule has 28 heavy (non-hydrogen) atoms. The zero-order valence-electron chi connectivity index (χ0n) is 15.7. The van der Waals surface area contributed by atoms with Gasteiger partial charge in [0.25, 0.3) is 0 Å². The Morgan fingerprint density at radius 2 is 1.96 bits per heavy atom. The Hall–Kier alpha value is -3.14. The van der Waals surface area contributed by atoms with E-state index in [0.29, 0.717) is 18.3 Å². The quantitative estimate of drug-likeness (QED) is 0.495. The molecular weight excluding hydrogens is 368 g/mol. The predicted octanol–water partition coefficient (Wildman–Crippen LogP) is 5.14. The summed E-state index contributed by atoms with van der Waals surface area (Å²) in [6.07, 6.45) is 0. The lowest BCUT2D eigenvalue weighted by Gasteiger charge is -2.23. The molecule has 0 aliphatic rings. The monoisotopic (exact) mass is 388 g/mol. The second-order valence-electron chi connectivity index (χ2n) is 6.71. The fraction of sp³-hybridized carbons (Fsp3) is 0.182. The zero-order valence-corrected chi connectivity index (χ0v) is 16.5. The molecule has 0 aliphatic carbocycles. The summed E-state index contributed by atoms with van der Waals surface area (Å²) in [5, 5.41) is 17.0. The second kappa shape index (κ2) is 7.85. The van der Waals surface area contributed by atoms with Crippen LogP contribution in [0.4, 0.5) is 5.88 Å². The number of aromatic nitrogens is 1. The smallest absolute Gasteiger partial charge is 0.232 e. The van der Waals surface area contributed by atoms with Gasteiger partial charge in [-0.2, -0.15) is 10.2 Å². The highest BCUT2D eigenvalue weighted by molar-refractivity contribution is 7.10. The molecule has 0 unspecified atom stereocenters. The molecule has 4 rings (SSSR count). The minimum absolute atomic E-state index is 0.178. The number of hydrogen-bond donors (Lipinski definition) is 1. The van der Waals surface area contributed by atoms with Crippen LogP contribution in [-0.2, 0) is 0 Å². The normalized spacial score (nSPS) is 12.2. The van der Waals surface area contributed by atoms with Crippen molar-refractivity contribution in [2.75, 3.05) is 26.0 Å². The first-order valence-corrected chi connectivity index (χ1v) is 9.88. The van der Waals surface area contributed by atoms with E-state index in [1.165, 1.54) is 4.88 Å². The van der Waals surface area contributed by atoms with Crippen LogP contribution < -0.4 is 5.32 Å². The van der Waals surface area contributed by atoms with E-state index in [4.69, 9.17) is 4.42 Å². The van der Waals surface area contributed by atoms with Crippen molar-refractivity contribution in [1.82, 2.24) is 9.88 Å². The molecule has 1 atom stereocenters. The molecule has 0 amide bonds. The summed E-state index contributed by atoms with van der Waals surface area (Å²) in [6, 6.07) is 20.5. The van der Waals surface area contributed by atoms with Crippen LogP contribution in [0.5, 0.6) is 0 Å². The van der Waals surface area contributed by atoms with Gasteiger partial charge in [-0.3, -0.25) is 0 Å². The summed E-state index contributed by atoms with van der Waals surface area (Å²) in [5.41, 5.74) is 1.15. The van der Waals surface area contributed by atoms with Crippen molar-refractivity contribution >= 4 is 28.0 Å². The van der Waals surface area contributed by atoms with Gasteiger partial charge in [0.2, 0.25) is 17.5 Å². The Bertz CT molecular complexity index is 1120. The fourth-order valence-corrected chi connectivity index (χ4v) is 4.17. The van der Waals surface area contributed by atoms with Crippen molar-refractivity contribution in [3.05, 3.63) is 70.5 Å². The largest absolute Gasteiger partial charge is 0.419 e. The number of oxazole rings is 1. The Labute approximate surface area is 167 Å². The van der Waals surface area contributed by atoms with Crippen LogP contribution in [0.3, 0.4) is 0 Å². The molecule has 4 aromatic rings. The van der Waals surface area contributed by atoms with Gasteiger partial charge in [0.15, 0.2) is 0 Å². The van der Waals surface area contributed by atoms with Crippen molar-refractivity contribution in [3.8, 4) is 17.5 Å². The zero-order chi connectivity index (χ0) is 19.5. The van der Waals surface area contributed by atoms with Crippen LogP contribution in [0.1, 0.15) is 16.6 Å². The Morgan fingerprint density at radius 3 is 2.71 bits per heavy atom. The maximum absolute atomic E-state index is 9.53. The first-order chi connectivity index (χ1) is 13.7. The van der Waals surface area contributed by atoms with Crippen molar-refractivity contribution in [1.29, 1.82) is 5.26 Å². The molecule has 0 radical (unpaired) electrons. The maximum atomic E-state index is 9.53. The minimum atomic E-state index is 0.178. The molecule has 0 spiro atoms. The molecule has 1 N–H and O–H groups in total. The van der Waals surface area contributed by atoms with Crippen LogP contribution >= 0.6 is 11.3 Å². The Morgan fingerprint density at radius 1 is 1.14 bits per heavy atom. The minimum Gasteiger partial charge on any atom is -0.419 e. The first-order valence-electron chi connectivity index (χ1n) is 9.00. The molecular formula is C22H20N4OS. The van der Waals surface area contributed by atoms with Crippen LogP contribution in [-0.4, -0.2) is 30.5 Å². The standard InChI is InChI=1S/C22H20N4OS/c1-26(2)19(20-11-6-12-28-20)14-24-22-18(13-23)25-21(27-22)17-10-5-8-15-7-3-4-9-16(15)17/h3-12,19,24H,14H2,1-2H3/t19-/m1/s1. The van der Waals surface area contributed by atoms with Crippen LogP contribution in [0.25, 0.3) is 22.2 Å². The lowest BCUT2D eigenvalue weighted by atomic mass is 10.0. The van der Waals surface area contributed by atoms with E-state index in [1.54, 1.807) is 11.3 Å². The number of likely N-dealkylation sites (N-methyl/N-ethyl adjacent to an activating group) is 1. The maximum Gasteiger partial charge on any atom is 0.232 e. The van der Waals surface area contributed by atoms with Gasteiger partial charge < -0.3 is 14.6 Å². The fourth-order valence-electron chi connectivity index (χ4n) is 3.25. The summed E-state index contributed by atoms with van der Waals surface area (Å²) >= 11 is 1.72. The molecule has 2 aromatic carbocycles. The Kier molecular flexibility index (Phi) is 5.11. The molecule has 0 bridgehead atoms. The topological polar surface area (TPSA) is 65.1 Å². The van der Waals surface area contributed by atoms with Crippen LogP contribution in [0, 0.1) is 11.3 Å². The van der Waals surface area contributed by atoms with E-state index in [-0.39, 0.29) is 11.7 Å². The highest BCUT2D eigenvalue weighted by atomic mass is 32.1. The third-order valence-electron chi connectivity index (χ3n) is 4.70. The summed E-state index contributed by atoms with van der Waals surface area (Å²) in [7, 11) is 4.08. The summed E-state index contributed by atoms with van der Waals surface area (Å²) in [6.45, 7) is 0.617. The van der Waals surface area contributed by atoms with Crippen molar-refractivity contribution in [3.63, 3.8) is 0 Å². The second-order valence-corrected chi connectivity index (χ2v) is 7.69. The van der Waals surface area contributed by atoms with Crippen molar-refractivity contribution < 1.29 is 4.42 Å². The van der Waals surface area contributed by atoms with E-state index in [1.807, 2.05) is 50.5 Å². The molecule has 140 valence electrons. The van der Waals surface area contributed by atoms with Crippen LogP contribution in [0.2, 0.25) is 0 Å². The molecule has 2 heterocycles. The molecule has 5 nitrogen and oxygen atoms in total. The number of anilines is 1. The molecule has 0 fully saturated rings. The van der Waals surface area contributed by atoms with Gasteiger partial charge in [0.1, 0.15) is 6.07 Å². The number of thiophene rings is 1. The highest BCUT2D eigenvalue weighted by Gasteiger charge is 2.20. The van der Waals surface area contributed by atoms with E-state index in [9.17, 15) is 5.26 Å². The summed E-state index contributed by atoms with van der Waals surface area (Å²) < 4.78 is 5.99. The van der Waals surface area contributed by atoms with Gasteiger partial charge >= 0.3 is 0 Å². The summed E-state index contributed by atoms with van der Waals surface area (Å²) in [4.78, 5) is 7.83. The third kappa shape index (κ3) is 3.50. The van der Waals surface area contributed by atoms with Gasteiger partial charge in [0, 0.05) is 17.0 Å². The van der Waals surface area contributed by atoms with E-state index >= 15 is 0 Å². The molecule has 0 saturated carbocycles. The van der Waals surface area contributed by atoms with Gasteiger partial charge in [-0.1, -0.05) is 42.5 Å². The number of fused-ring (bicyclic) bond motifs is 1. The van der Waals surface area contributed by atoms with Gasteiger partial charge in [-0.25, -0.2) is 0 Å². The number of rotatable bonds is 6. The van der Waals surface area contributed by atoms with Gasteiger partial charge in [-0.15, -0.1) is 11.3 Å². The van der Waals surface area contributed by atoms with E-state index in [2.05, 4.69) is 44.8 Å². The lowest BCUT2D eigenvalue weighted by molar-refractivity contribution is 0.315. The molecule has 2 aromatic heterocycles. The number of benzene rings is 2. The Balaban J connectivity index is 1.64. The highest BCUT2D eigenvalue weighted by Crippen LogP contribution is 2.32. The number of nitrogens with zero attached hydrogens (tertiary/aromatic N) is 3. The average molecular weight is 388 g/mol. The lowest BCUT2D eigenvalue weighted by Crippen LogP contribution is -2.26. The number of nitrogens with one attached hydrogen (secondary N) is 1.